The van der Waals surface area contributed by atoms with Gasteiger partial charge in [-0.05, 0) is 55.0 Å². The highest BCUT2D eigenvalue weighted by Crippen LogP contribution is 2.56. The fourth-order valence-corrected chi connectivity index (χ4v) is 4.78. The molecular formula is C19H30N2O2S. The second kappa shape index (κ2) is 6.87. The van der Waals surface area contributed by atoms with Gasteiger partial charge < -0.3 is 10.6 Å². The van der Waals surface area contributed by atoms with E-state index in [1.54, 1.807) is 18.4 Å². The normalized spacial score (nSPS) is 25.5. The highest BCUT2D eigenvalue weighted by atomic mass is 32.1. The van der Waals surface area contributed by atoms with Gasteiger partial charge in [-0.1, -0.05) is 20.8 Å². The van der Waals surface area contributed by atoms with Crippen molar-refractivity contribution in [3.8, 4) is 0 Å². The molecule has 1 saturated carbocycles. The van der Waals surface area contributed by atoms with Crippen molar-refractivity contribution in [1.82, 2.24) is 10.6 Å². The Bertz CT molecular complexity index is 635. The zero-order chi connectivity index (χ0) is 18.1. The molecular weight excluding hydrogens is 320 g/mol. The summed E-state index contributed by atoms with van der Waals surface area (Å²) < 4.78 is 0. The van der Waals surface area contributed by atoms with E-state index in [9.17, 15) is 9.59 Å². The van der Waals surface area contributed by atoms with Gasteiger partial charge in [0.25, 0.3) is 0 Å². The number of carbonyl (C=O) groups is 2. The summed E-state index contributed by atoms with van der Waals surface area (Å²) in [5.74, 6) is 0.00410. The van der Waals surface area contributed by atoms with Gasteiger partial charge in [0, 0.05) is 24.4 Å². The Kier molecular flexibility index (Phi) is 5.43. The molecule has 1 fully saturated rings. The van der Waals surface area contributed by atoms with Crippen molar-refractivity contribution in [2.75, 3.05) is 13.6 Å². The summed E-state index contributed by atoms with van der Waals surface area (Å²) in [6.07, 6.45) is 2.37. The third-order valence-corrected chi connectivity index (χ3v) is 7.42. The molecule has 0 aliphatic heterocycles. The van der Waals surface area contributed by atoms with Crippen molar-refractivity contribution in [3.05, 3.63) is 21.4 Å². The number of hydrogen-bond acceptors (Lipinski definition) is 3. The molecule has 0 bridgehead atoms. The highest BCUT2D eigenvalue weighted by molar-refractivity contribution is 7.10. The molecule has 0 aromatic carbocycles. The fraction of sp³-hybridized carbons (Fsp3) is 0.684. The molecule has 0 saturated heterocycles. The smallest absolute Gasteiger partial charge is 0.226 e. The standard InChI is InChI=1S/C19H30N2O2S/c1-12-13(2)24-11-14(12)8-10-21-17(23)19(5)9-7-15(16(22)20-6)18(19,3)4/h11,15H,7-10H2,1-6H3,(H,20,22)(H,21,23)/t15-,19+/m1/s1. The van der Waals surface area contributed by atoms with E-state index >= 15 is 0 Å². The molecule has 1 heterocycles. The summed E-state index contributed by atoms with van der Waals surface area (Å²) in [4.78, 5) is 26.4. The van der Waals surface area contributed by atoms with E-state index in [1.165, 1.54) is 16.0 Å². The zero-order valence-electron chi connectivity index (χ0n) is 15.7. The first-order chi connectivity index (χ1) is 11.1. The first-order valence-electron chi connectivity index (χ1n) is 8.68. The van der Waals surface area contributed by atoms with Gasteiger partial charge in [-0.15, -0.1) is 11.3 Å². The van der Waals surface area contributed by atoms with Gasteiger partial charge >= 0.3 is 0 Å². The van der Waals surface area contributed by atoms with Crippen molar-refractivity contribution in [3.63, 3.8) is 0 Å². The van der Waals surface area contributed by atoms with Crippen LogP contribution in [0.3, 0.4) is 0 Å². The number of amides is 2. The van der Waals surface area contributed by atoms with E-state index in [2.05, 4.69) is 29.9 Å². The molecule has 1 aromatic rings. The van der Waals surface area contributed by atoms with E-state index in [4.69, 9.17) is 0 Å². The lowest BCUT2D eigenvalue weighted by molar-refractivity contribution is -0.138. The van der Waals surface area contributed by atoms with Gasteiger partial charge in [0.15, 0.2) is 0 Å². The minimum absolute atomic E-state index is 0.0425. The Hall–Kier alpha value is -1.36. The van der Waals surface area contributed by atoms with E-state index in [1.807, 2.05) is 20.8 Å². The van der Waals surface area contributed by atoms with Crippen LogP contribution in [-0.4, -0.2) is 25.4 Å². The average molecular weight is 351 g/mol. The van der Waals surface area contributed by atoms with Crippen molar-refractivity contribution in [1.29, 1.82) is 0 Å². The summed E-state index contributed by atoms with van der Waals surface area (Å²) in [7, 11) is 1.67. The van der Waals surface area contributed by atoms with Crippen LogP contribution < -0.4 is 10.6 Å². The van der Waals surface area contributed by atoms with Crippen LogP contribution in [0.5, 0.6) is 0 Å². The molecule has 2 amide bonds. The van der Waals surface area contributed by atoms with E-state index in [0.717, 1.165) is 19.3 Å². The van der Waals surface area contributed by atoms with Crippen LogP contribution in [0.25, 0.3) is 0 Å². The largest absolute Gasteiger partial charge is 0.359 e. The fourth-order valence-electron chi connectivity index (χ4n) is 3.85. The van der Waals surface area contributed by atoms with Crippen LogP contribution in [0.4, 0.5) is 0 Å². The molecule has 2 atom stereocenters. The molecule has 1 aliphatic rings. The number of rotatable bonds is 5. The maximum absolute atomic E-state index is 12.9. The lowest BCUT2D eigenvalue weighted by Gasteiger charge is -2.39. The molecule has 2 rings (SSSR count). The zero-order valence-corrected chi connectivity index (χ0v) is 16.5. The molecule has 0 spiro atoms. The Balaban J connectivity index is 2.01. The Morgan fingerprint density at radius 2 is 1.96 bits per heavy atom. The summed E-state index contributed by atoms with van der Waals surface area (Å²) in [5, 5.41) is 8.04. The van der Waals surface area contributed by atoms with E-state index < -0.39 is 5.41 Å². The van der Waals surface area contributed by atoms with Gasteiger partial charge in [-0.2, -0.15) is 0 Å². The van der Waals surface area contributed by atoms with E-state index in [0.29, 0.717) is 6.54 Å². The van der Waals surface area contributed by atoms with E-state index in [-0.39, 0.29) is 23.1 Å². The molecule has 1 aromatic heterocycles. The molecule has 1 aliphatic carbocycles. The Morgan fingerprint density at radius 3 is 2.50 bits per heavy atom. The second-order valence-corrected chi connectivity index (χ2v) is 8.79. The summed E-state index contributed by atoms with van der Waals surface area (Å²) >= 11 is 1.76. The molecule has 2 N–H and O–H groups in total. The maximum Gasteiger partial charge on any atom is 0.226 e. The Morgan fingerprint density at radius 1 is 1.29 bits per heavy atom. The number of thiophene rings is 1. The SMILES string of the molecule is CNC(=O)[C@H]1CC[C@@](C)(C(=O)NCCc2csc(C)c2C)C1(C)C. The minimum atomic E-state index is -0.510. The van der Waals surface area contributed by atoms with Crippen LogP contribution in [0.1, 0.15) is 49.6 Å². The molecule has 0 unspecified atom stereocenters. The topological polar surface area (TPSA) is 58.2 Å². The molecule has 5 heteroatoms. The average Bonchev–Trinajstić information content (AvgIpc) is 2.98. The quantitative estimate of drug-likeness (QED) is 0.857. The van der Waals surface area contributed by atoms with Gasteiger partial charge in [0.05, 0.1) is 5.41 Å². The van der Waals surface area contributed by atoms with Crippen molar-refractivity contribution in [2.24, 2.45) is 16.7 Å². The van der Waals surface area contributed by atoms with Crippen molar-refractivity contribution in [2.45, 2.75) is 53.9 Å². The van der Waals surface area contributed by atoms with Crippen LogP contribution in [-0.2, 0) is 16.0 Å². The predicted octanol–water partition coefficient (Wildman–Crippen LogP) is 3.21. The van der Waals surface area contributed by atoms with Crippen LogP contribution in [0, 0.1) is 30.6 Å². The van der Waals surface area contributed by atoms with Crippen molar-refractivity contribution >= 4 is 23.2 Å². The third-order valence-electron chi connectivity index (χ3n) is 6.36. The first-order valence-corrected chi connectivity index (χ1v) is 9.56. The lowest BCUT2D eigenvalue weighted by atomic mass is 9.65. The molecule has 134 valence electrons. The Labute approximate surface area is 149 Å². The third kappa shape index (κ3) is 3.10. The molecule has 24 heavy (non-hydrogen) atoms. The molecule has 4 nitrogen and oxygen atoms in total. The number of carbonyl (C=O) groups excluding carboxylic acids is 2. The van der Waals surface area contributed by atoms with Gasteiger partial charge in [-0.3, -0.25) is 9.59 Å². The van der Waals surface area contributed by atoms with Crippen LogP contribution >= 0.6 is 11.3 Å². The maximum atomic E-state index is 12.9. The first kappa shape index (κ1) is 19.0. The van der Waals surface area contributed by atoms with Crippen molar-refractivity contribution < 1.29 is 9.59 Å². The van der Waals surface area contributed by atoms with Gasteiger partial charge in [-0.25, -0.2) is 0 Å². The number of hydrogen-bond donors (Lipinski definition) is 2. The van der Waals surface area contributed by atoms with Crippen LogP contribution in [0.15, 0.2) is 5.38 Å². The van der Waals surface area contributed by atoms with Gasteiger partial charge in [0.2, 0.25) is 11.8 Å². The predicted molar refractivity (Wildman–Crippen MR) is 99.2 cm³/mol. The number of aryl methyl sites for hydroxylation is 1. The highest BCUT2D eigenvalue weighted by Gasteiger charge is 2.57. The second-order valence-electron chi connectivity index (χ2n) is 7.71. The lowest BCUT2D eigenvalue weighted by Crippen LogP contribution is -2.49. The summed E-state index contributed by atoms with van der Waals surface area (Å²) in [6.45, 7) is 11.0. The minimum Gasteiger partial charge on any atom is -0.359 e. The molecule has 0 radical (unpaired) electrons. The van der Waals surface area contributed by atoms with Gasteiger partial charge in [0.1, 0.15) is 0 Å². The summed E-state index contributed by atoms with van der Waals surface area (Å²) in [6, 6.07) is 0. The monoisotopic (exact) mass is 350 g/mol. The van der Waals surface area contributed by atoms with Crippen LogP contribution in [0.2, 0.25) is 0 Å². The summed E-state index contributed by atoms with van der Waals surface area (Å²) in [5.41, 5.74) is 1.79. The number of nitrogens with one attached hydrogen (secondary N) is 2.